The first-order valence-corrected chi connectivity index (χ1v) is 8.10. The first kappa shape index (κ1) is 16.5. The Morgan fingerprint density at radius 1 is 0.840 bits per heavy atom. The Labute approximate surface area is 147 Å². The number of hydrogen-bond acceptors (Lipinski definition) is 2. The summed E-state index contributed by atoms with van der Waals surface area (Å²) < 4.78 is 5.73. The first-order chi connectivity index (χ1) is 12.3. The van der Waals surface area contributed by atoms with Crippen molar-refractivity contribution >= 4 is 17.7 Å². The van der Waals surface area contributed by atoms with Crippen molar-refractivity contribution in [3.63, 3.8) is 0 Å². The molecule has 0 aromatic heterocycles. The van der Waals surface area contributed by atoms with Gasteiger partial charge < -0.3 is 10.1 Å². The van der Waals surface area contributed by atoms with Crippen molar-refractivity contribution in [2.24, 2.45) is 0 Å². The molecule has 3 aromatic rings. The van der Waals surface area contributed by atoms with Gasteiger partial charge in [0.05, 0.1) is 0 Å². The molecule has 0 aliphatic carbocycles. The maximum atomic E-state index is 12.0. The van der Waals surface area contributed by atoms with Gasteiger partial charge >= 0.3 is 0 Å². The highest BCUT2D eigenvalue weighted by Gasteiger charge is 2.00. The number of benzene rings is 3. The van der Waals surface area contributed by atoms with Crippen LogP contribution in [0.15, 0.2) is 91.0 Å². The number of anilines is 1. The Morgan fingerprint density at radius 2 is 1.48 bits per heavy atom. The third-order valence-electron chi connectivity index (χ3n) is 3.60. The predicted octanol–water partition coefficient (Wildman–Crippen LogP) is 4.92. The average Bonchev–Trinajstić information content (AvgIpc) is 2.67. The molecule has 0 bridgehead atoms. The summed E-state index contributed by atoms with van der Waals surface area (Å²) in [5, 5.41) is 2.83. The largest absolute Gasteiger partial charge is 0.489 e. The van der Waals surface area contributed by atoms with Crippen LogP contribution in [0.2, 0.25) is 0 Å². The molecular weight excluding hydrogens is 310 g/mol. The van der Waals surface area contributed by atoms with E-state index in [1.807, 2.05) is 84.9 Å². The number of ether oxygens (including phenoxy) is 1. The normalized spacial score (nSPS) is 10.6. The third kappa shape index (κ3) is 5.36. The fourth-order valence-electron chi connectivity index (χ4n) is 2.30. The van der Waals surface area contributed by atoms with Gasteiger partial charge in [-0.25, -0.2) is 0 Å². The Kier molecular flexibility index (Phi) is 5.62. The SMILES string of the molecule is O=C(C=Cc1ccccc1)Nc1ccc(OCc2ccccc2)cc1. The summed E-state index contributed by atoms with van der Waals surface area (Å²) in [4.78, 5) is 12.0. The van der Waals surface area contributed by atoms with Crippen LogP contribution in [0.25, 0.3) is 6.08 Å². The Balaban J connectivity index is 1.52. The van der Waals surface area contributed by atoms with E-state index in [2.05, 4.69) is 5.32 Å². The van der Waals surface area contributed by atoms with Crippen LogP contribution in [-0.4, -0.2) is 5.91 Å². The van der Waals surface area contributed by atoms with Crippen molar-refractivity contribution < 1.29 is 9.53 Å². The van der Waals surface area contributed by atoms with Crippen molar-refractivity contribution in [3.8, 4) is 5.75 Å². The maximum Gasteiger partial charge on any atom is 0.248 e. The molecule has 0 unspecified atom stereocenters. The highest BCUT2D eigenvalue weighted by molar-refractivity contribution is 6.01. The average molecular weight is 329 g/mol. The minimum absolute atomic E-state index is 0.165. The van der Waals surface area contributed by atoms with Crippen LogP contribution in [0.4, 0.5) is 5.69 Å². The van der Waals surface area contributed by atoms with Gasteiger partial charge in [0.1, 0.15) is 12.4 Å². The van der Waals surface area contributed by atoms with E-state index in [9.17, 15) is 4.79 Å². The van der Waals surface area contributed by atoms with E-state index in [4.69, 9.17) is 4.74 Å². The summed E-state index contributed by atoms with van der Waals surface area (Å²) in [6.07, 6.45) is 3.31. The third-order valence-corrected chi connectivity index (χ3v) is 3.60. The van der Waals surface area contributed by atoms with Gasteiger partial charge in [-0.1, -0.05) is 60.7 Å². The Hall–Kier alpha value is -3.33. The van der Waals surface area contributed by atoms with Gasteiger partial charge in [-0.2, -0.15) is 0 Å². The van der Waals surface area contributed by atoms with E-state index < -0.39 is 0 Å². The number of rotatable bonds is 6. The highest BCUT2D eigenvalue weighted by Crippen LogP contribution is 2.17. The van der Waals surface area contributed by atoms with E-state index in [1.54, 1.807) is 6.08 Å². The van der Waals surface area contributed by atoms with Crippen LogP contribution in [0.1, 0.15) is 11.1 Å². The molecule has 3 aromatic carbocycles. The molecule has 25 heavy (non-hydrogen) atoms. The van der Waals surface area contributed by atoms with Crippen molar-refractivity contribution in [1.82, 2.24) is 0 Å². The molecule has 0 saturated heterocycles. The maximum absolute atomic E-state index is 12.0. The Bertz CT molecular complexity index is 825. The lowest BCUT2D eigenvalue weighted by Crippen LogP contribution is -2.07. The van der Waals surface area contributed by atoms with Crippen LogP contribution < -0.4 is 10.1 Å². The molecule has 0 atom stereocenters. The molecule has 124 valence electrons. The van der Waals surface area contributed by atoms with Crippen LogP contribution in [0.5, 0.6) is 5.75 Å². The molecule has 0 saturated carbocycles. The summed E-state index contributed by atoms with van der Waals surface area (Å²) in [5.74, 6) is 0.600. The van der Waals surface area contributed by atoms with E-state index in [-0.39, 0.29) is 5.91 Å². The molecule has 0 aliphatic heterocycles. The van der Waals surface area contributed by atoms with Crippen LogP contribution >= 0.6 is 0 Å². The van der Waals surface area contributed by atoms with Crippen LogP contribution in [0.3, 0.4) is 0 Å². The molecule has 3 rings (SSSR count). The quantitative estimate of drug-likeness (QED) is 0.652. The molecule has 0 fully saturated rings. The molecule has 0 aliphatic rings. The second-order valence-corrected chi connectivity index (χ2v) is 5.53. The van der Waals surface area contributed by atoms with Crippen molar-refractivity contribution in [2.45, 2.75) is 6.61 Å². The summed E-state index contributed by atoms with van der Waals surface area (Å²) in [7, 11) is 0. The number of carbonyl (C=O) groups excluding carboxylic acids is 1. The molecule has 0 heterocycles. The molecule has 3 heteroatoms. The fraction of sp³-hybridized carbons (Fsp3) is 0.0455. The van der Waals surface area contributed by atoms with Crippen molar-refractivity contribution in [2.75, 3.05) is 5.32 Å². The van der Waals surface area contributed by atoms with Crippen molar-refractivity contribution in [3.05, 3.63) is 102 Å². The number of carbonyl (C=O) groups is 1. The second-order valence-electron chi connectivity index (χ2n) is 5.53. The standard InChI is InChI=1S/C22H19NO2/c24-22(16-11-18-7-3-1-4-8-18)23-20-12-14-21(15-13-20)25-17-19-9-5-2-6-10-19/h1-16H,17H2,(H,23,24). The van der Waals surface area contributed by atoms with Crippen LogP contribution in [0, 0.1) is 0 Å². The lowest BCUT2D eigenvalue weighted by Gasteiger charge is -2.07. The van der Waals surface area contributed by atoms with E-state index in [0.717, 1.165) is 22.6 Å². The fourth-order valence-corrected chi connectivity index (χ4v) is 2.30. The van der Waals surface area contributed by atoms with E-state index in [0.29, 0.717) is 6.61 Å². The second kappa shape index (κ2) is 8.50. The molecule has 1 N–H and O–H groups in total. The zero-order valence-corrected chi connectivity index (χ0v) is 13.8. The minimum atomic E-state index is -0.165. The van der Waals surface area contributed by atoms with Gasteiger partial charge in [-0.3, -0.25) is 4.79 Å². The van der Waals surface area contributed by atoms with E-state index >= 15 is 0 Å². The van der Waals surface area contributed by atoms with Crippen molar-refractivity contribution in [1.29, 1.82) is 0 Å². The molecular formula is C22H19NO2. The molecule has 1 amide bonds. The zero-order valence-electron chi connectivity index (χ0n) is 13.8. The molecule has 0 spiro atoms. The van der Waals surface area contributed by atoms with Gasteiger partial charge in [0.2, 0.25) is 5.91 Å². The molecule has 0 radical (unpaired) electrons. The Morgan fingerprint density at radius 3 is 2.16 bits per heavy atom. The number of amides is 1. The zero-order chi connectivity index (χ0) is 17.3. The lowest BCUT2D eigenvalue weighted by atomic mass is 10.2. The summed E-state index contributed by atoms with van der Waals surface area (Å²) in [6, 6.07) is 27.1. The summed E-state index contributed by atoms with van der Waals surface area (Å²) >= 11 is 0. The lowest BCUT2D eigenvalue weighted by molar-refractivity contribution is -0.111. The first-order valence-electron chi connectivity index (χ1n) is 8.10. The monoisotopic (exact) mass is 329 g/mol. The predicted molar refractivity (Wildman–Crippen MR) is 101 cm³/mol. The summed E-state index contributed by atoms with van der Waals surface area (Å²) in [6.45, 7) is 0.520. The topological polar surface area (TPSA) is 38.3 Å². The highest BCUT2D eigenvalue weighted by atomic mass is 16.5. The minimum Gasteiger partial charge on any atom is -0.489 e. The van der Waals surface area contributed by atoms with Gasteiger partial charge in [0.25, 0.3) is 0 Å². The molecule has 3 nitrogen and oxygen atoms in total. The van der Waals surface area contributed by atoms with E-state index in [1.165, 1.54) is 6.08 Å². The smallest absolute Gasteiger partial charge is 0.248 e. The number of nitrogens with one attached hydrogen (secondary N) is 1. The number of hydrogen-bond donors (Lipinski definition) is 1. The van der Waals surface area contributed by atoms with Gasteiger partial charge in [-0.05, 0) is 41.5 Å². The van der Waals surface area contributed by atoms with Gasteiger partial charge in [-0.15, -0.1) is 0 Å². The van der Waals surface area contributed by atoms with Crippen LogP contribution in [-0.2, 0) is 11.4 Å². The van der Waals surface area contributed by atoms with Gasteiger partial charge in [0.15, 0.2) is 0 Å². The van der Waals surface area contributed by atoms with Gasteiger partial charge in [0, 0.05) is 11.8 Å². The summed E-state index contributed by atoms with van der Waals surface area (Å²) in [5.41, 5.74) is 2.84.